The van der Waals surface area contributed by atoms with Crippen LogP contribution in [0.25, 0.3) is 5.65 Å². The number of halogens is 1. The third-order valence-electron chi connectivity index (χ3n) is 5.41. The highest BCUT2D eigenvalue weighted by molar-refractivity contribution is 5.60. The van der Waals surface area contributed by atoms with Crippen molar-refractivity contribution in [3.8, 4) is 6.01 Å². The maximum absolute atomic E-state index is 14.9. The molecule has 1 saturated heterocycles. The Morgan fingerprint density at radius 2 is 2.00 bits per heavy atom. The molecule has 0 aliphatic carbocycles. The molecule has 160 valence electrons. The SMILES string of the molecule is CCCCOc1nc(N)c2ncc(Cc3cc(C)c(N4CCCCC4)nc3F)n2n1. The first-order valence-electron chi connectivity index (χ1n) is 10.6. The Morgan fingerprint density at radius 3 is 2.77 bits per heavy atom. The third-order valence-corrected chi connectivity index (χ3v) is 5.41. The van der Waals surface area contributed by atoms with Gasteiger partial charge in [-0.1, -0.05) is 13.3 Å². The minimum atomic E-state index is -0.461. The fraction of sp³-hybridized carbons (Fsp3) is 0.524. The number of hydrogen-bond acceptors (Lipinski definition) is 7. The van der Waals surface area contributed by atoms with Crippen LogP contribution in [-0.2, 0) is 6.42 Å². The maximum atomic E-state index is 14.9. The lowest BCUT2D eigenvalue weighted by atomic mass is 10.1. The standard InChI is InChI=1S/C21H28FN7O/c1-3-4-10-30-21-26-18(23)20-24-13-16(29(20)27-21)12-15-11-14(2)19(25-17(15)22)28-8-6-5-7-9-28/h11,13H,3-10,12H2,1-2H3,(H2,23,26,27). The second-order valence-electron chi connectivity index (χ2n) is 7.77. The van der Waals surface area contributed by atoms with Crippen molar-refractivity contribution >= 4 is 17.3 Å². The van der Waals surface area contributed by atoms with Gasteiger partial charge in [-0.3, -0.25) is 0 Å². The number of pyridine rings is 1. The van der Waals surface area contributed by atoms with Gasteiger partial charge in [-0.15, -0.1) is 5.10 Å². The van der Waals surface area contributed by atoms with Crippen LogP contribution in [0.15, 0.2) is 12.3 Å². The lowest BCUT2D eigenvalue weighted by Crippen LogP contribution is -2.31. The average Bonchev–Trinajstić information content (AvgIpc) is 3.14. The molecule has 3 aromatic heterocycles. The van der Waals surface area contributed by atoms with Gasteiger partial charge in [0.1, 0.15) is 5.82 Å². The summed E-state index contributed by atoms with van der Waals surface area (Å²) in [5.74, 6) is 0.516. The third kappa shape index (κ3) is 4.15. The molecule has 0 amide bonds. The molecule has 1 aliphatic heterocycles. The molecule has 8 nitrogen and oxygen atoms in total. The van der Waals surface area contributed by atoms with Crippen molar-refractivity contribution in [2.24, 2.45) is 0 Å². The summed E-state index contributed by atoms with van der Waals surface area (Å²) in [5, 5.41) is 4.40. The molecule has 3 aromatic rings. The van der Waals surface area contributed by atoms with Gasteiger partial charge < -0.3 is 15.4 Å². The first kappa shape index (κ1) is 20.3. The van der Waals surface area contributed by atoms with Gasteiger partial charge in [-0.25, -0.2) is 14.5 Å². The zero-order valence-corrected chi connectivity index (χ0v) is 17.6. The molecule has 2 N–H and O–H groups in total. The quantitative estimate of drug-likeness (QED) is 0.469. The van der Waals surface area contributed by atoms with E-state index in [0.29, 0.717) is 29.9 Å². The number of nitrogen functional groups attached to an aromatic ring is 1. The van der Waals surface area contributed by atoms with E-state index in [1.807, 2.05) is 13.0 Å². The molecule has 4 rings (SSSR count). The number of nitrogens with zero attached hydrogens (tertiary/aromatic N) is 6. The van der Waals surface area contributed by atoms with Gasteiger partial charge in [-0.05, 0) is 44.2 Å². The number of hydrogen-bond donors (Lipinski definition) is 1. The van der Waals surface area contributed by atoms with Gasteiger partial charge in [0.15, 0.2) is 11.5 Å². The second kappa shape index (κ2) is 8.81. The number of imidazole rings is 1. The fourth-order valence-electron chi connectivity index (χ4n) is 3.80. The van der Waals surface area contributed by atoms with Crippen LogP contribution in [0.4, 0.5) is 16.0 Å². The van der Waals surface area contributed by atoms with Gasteiger partial charge in [0, 0.05) is 25.1 Å². The predicted octanol–water partition coefficient (Wildman–Crippen LogP) is 3.31. The molecular formula is C21H28FN7O. The zero-order valence-electron chi connectivity index (χ0n) is 17.6. The summed E-state index contributed by atoms with van der Waals surface area (Å²) in [4.78, 5) is 14.9. The Morgan fingerprint density at radius 1 is 1.20 bits per heavy atom. The highest BCUT2D eigenvalue weighted by Gasteiger charge is 2.19. The van der Waals surface area contributed by atoms with Crippen molar-refractivity contribution < 1.29 is 9.13 Å². The lowest BCUT2D eigenvalue weighted by molar-refractivity contribution is 0.280. The number of piperidine rings is 1. The topological polar surface area (TPSA) is 94.5 Å². The highest BCUT2D eigenvalue weighted by atomic mass is 19.1. The van der Waals surface area contributed by atoms with Crippen molar-refractivity contribution in [2.75, 3.05) is 30.3 Å². The van der Waals surface area contributed by atoms with E-state index in [-0.39, 0.29) is 11.8 Å². The number of fused-ring (bicyclic) bond motifs is 1. The molecule has 0 saturated carbocycles. The Bertz CT molecular complexity index is 1030. The summed E-state index contributed by atoms with van der Waals surface area (Å²) in [6.45, 7) is 6.43. The predicted molar refractivity (Wildman–Crippen MR) is 113 cm³/mol. The summed E-state index contributed by atoms with van der Waals surface area (Å²) >= 11 is 0. The maximum Gasteiger partial charge on any atom is 0.336 e. The van der Waals surface area contributed by atoms with Gasteiger partial charge >= 0.3 is 6.01 Å². The molecule has 0 spiro atoms. The van der Waals surface area contributed by atoms with Crippen molar-refractivity contribution in [3.05, 3.63) is 35.0 Å². The molecule has 0 atom stereocenters. The van der Waals surface area contributed by atoms with Crippen LogP contribution in [0.2, 0.25) is 0 Å². The number of unbranched alkanes of at least 4 members (excludes halogenated alkanes) is 1. The summed E-state index contributed by atoms with van der Waals surface area (Å²) in [7, 11) is 0. The van der Waals surface area contributed by atoms with Gasteiger partial charge in [0.2, 0.25) is 5.95 Å². The van der Waals surface area contributed by atoms with Crippen molar-refractivity contribution in [3.63, 3.8) is 0 Å². The Kier molecular flexibility index (Phi) is 5.96. The van der Waals surface area contributed by atoms with E-state index in [1.54, 1.807) is 10.7 Å². The van der Waals surface area contributed by atoms with Crippen LogP contribution < -0.4 is 15.4 Å². The van der Waals surface area contributed by atoms with Crippen molar-refractivity contribution in [2.45, 2.75) is 52.4 Å². The molecule has 0 aromatic carbocycles. The first-order valence-corrected chi connectivity index (χ1v) is 10.6. The molecule has 0 bridgehead atoms. The van der Waals surface area contributed by atoms with E-state index in [9.17, 15) is 4.39 Å². The molecule has 1 fully saturated rings. The molecule has 30 heavy (non-hydrogen) atoms. The zero-order chi connectivity index (χ0) is 21.1. The van der Waals surface area contributed by atoms with Gasteiger partial charge in [-0.2, -0.15) is 9.37 Å². The number of anilines is 2. The monoisotopic (exact) mass is 413 g/mol. The summed E-state index contributed by atoms with van der Waals surface area (Å²) in [6.07, 6.45) is 7.31. The number of rotatable bonds is 7. The largest absolute Gasteiger partial charge is 0.462 e. The van der Waals surface area contributed by atoms with E-state index in [0.717, 1.165) is 50.2 Å². The highest BCUT2D eigenvalue weighted by Crippen LogP contribution is 2.25. The molecule has 0 unspecified atom stereocenters. The van der Waals surface area contributed by atoms with Crippen LogP contribution >= 0.6 is 0 Å². The van der Waals surface area contributed by atoms with Crippen LogP contribution in [0.3, 0.4) is 0 Å². The number of aryl methyl sites for hydroxylation is 1. The Hall–Kier alpha value is -2.97. The summed E-state index contributed by atoms with van der Waals surface area (Å²) in [5.41, 5.74) is 8.62. The van der Waals surface area contributed by atoms with Gasteiger partial charge in [0.05, 0.1) is 18.5 Å². The lowest BCUT2D eigenvalue weighted by Gasteiger charge is -2.29. The van der Waals surface area contributed by atoms with Crippen molar-refractivity contribution in [1.29, 1.82) is 0 Å². The van der Waals surface area contributed by atoms with Crippen LogP contribution in [0.1, 0.15) is 55.8 Å². The molecule has 1 aliphatic rings. The van der Waals surface area contributed by atoms with E-state index in [1.165, 1.54) is 6.42 Å². The first-order chi connectivity index (χ1) is 14.6. The van der Waals surface area contributed by atoms with Crippen LogP contribution in [-0.4, -0.2) is 44.3 Å². The van der Waals surface area contributed by atoms with Crippen molar-refractivity contribution in [1.82, 2.24) is 24.6 Å². The van der Waals surface area contributed by atoms with E-state index < -0.39 is 5.95 Å². The van der Waals surface area contributed by atoms with E-state index >= 15 is 0 Å². The molecule has 0 radical (unpaired) electrons. The second-order valence-corrected chi connectivity index (χ2v) is 7.77. The molecule has 4 heterocycles. The fourth-order valence-corrected chi connectivity index (χ4v) is 3.80. The minimum absolute atomic E-state index is 0.197. The van der Waals surface area contributed by atoms with Crippen LogP contribution in [0.5, 0.6) is 6.01 Å². The molecule has 9 heteroatoms. The number of nitrogens with two attached hydrogens (primary N) is 1. The van der Waals surface area contributed by atoms with E-state index in [4.69, 9.17) is 10.5 Å². The molecular weight excluding hydrogens is 385 g/mol. The minimum Gasteiger partial charge on any atom is -0.462 e. The number of aromatic nitrogens is 5. The Balaban J connectivity index is 1.61. The van der Waals surface area contributed by atoms with E-state index in [2.05, 4.69) is 31.9 Å². The smallest absolute Gasteiger partial charge is 0.336 e. The summed E-state index contributed by atoms with van der Waals surface area (Å²) < 4.78 is 22.1. The van der Waals surface area contributed by atoms with Gasteiger partial charge in [0.25, 0.3) is 0 Å². The Labute approximate surface area is 175 Å². The van der Waals surface area contributed by atoms with Crippen LogP contribution in [0, 0.1) is 12.9 Å². The normalized spacial score (nSPS) is 14.4. The summed E-state index contributed by atoms with van der Waals surface area (Å²) in [6, 6.07) is 2.07. The average molecular weight is 414 g/mol. The number of ether oxygens (including phenoxy) is 1.